The summed E-state index contributed by atoms with van der Waals surface area (Å²) in [6.45, 7) is 5.79. The summed E-state index contributed by atoms with van der Waals surface area (Å²) in [6, 6.07) is 0.448. The van der Waals surface area contributed by atoms with Crippen LogP contribution in [0, 0.1) is 5.92 Å². The molecule has 0 aromatic heterocycles. The molecule has 1 heterocycles. The van der Waals surface area contributed by atoms with Crippen LogP contribution in [0.5, 0.6) is 0 Å². The van der Waals surface area contributed by atoms with Gasteiger partial charge in [0.15, 0.2) is 0 Å². The summed E-state index contributed by atoms with van der Waals surface area (Å²) in [7, 11) is 0. The summed E-state index contributed by atoms with van der Waals surface area (Å²) < 4.78 is 0. The van der Waals surface area contributed by atoms with Crippen molar-refractivity contribution in [1.82, 2.24) is 4.90 Å². The van der Waals surface area contributed by atoms with Gasteiger partial charge < -0.3 is 5.11 Å². The lowest BCUT2D eigenvalue weighted by Gasteiger charge is -2.38. The third-order valence-corrected chi connectivity index (χ3v) is 3.49. The van der Waals surface area contributed by atoms with Gasteiger partial charge in [0.05, 0.1) is 0 Å². The molecule has 1 rings (SSSR count). The SMILES string of the molecule is CC1CCCN(CC(Cl)C(=O)O)C1C. The van der Waals surface area contributed by atoms with E-state index in [4.69, 9.17) is 16.7 Å². The maximum Gasteiger partial charge on any atom is 0.322 e. The normalized spacial score (nSPS) is 31.4. The number of hydrogen-bond donors (Lipinski definition) is 1. The lowest BCUT2D eigenvalue weighted by molar-refractivity contribution is -0.137. The number of rotatable bonds is 3. The van der Waals surface area contributed by atoms with Gasteiger partial charge in [-0.3, -0.25) is 9.69 Å². The van der Waals surface area contributed by atoms with E-state index in [1.807, 2.05) is 0 Å². The zero-order valence-electron chi connectivity index (χ0n) is 8.74. The van der Waals surface area contributed by atoms with Gasteiger partial charge in [-0.25, -0.2) is 0 Å². The first-order valence-electron chi connectivity index (χ1n) is 5.13. The zero-order valence-corrected chi connectivity index (χ0v) is 9.50. The van der Waals surface area contributed by atoms with E-state index in [2.05, 4.69) is 18.7 Å². The first kappa shape index (κ1) is 11.8. The van der Waals surface area contributed by atoms with Crippen molar-refractivity contribution in [2.75, 3.05) is 13.1 Å². The first-order chi connectivity index (χ1) is 6.52. The lowest BCUT2D eigenvalue weighted by atomic mass is 9.92. The highest BCUT2D eigenvalue weighted by atomic mass is 35.5. The Hall–Kier alpha value is -0.280. The van der Waals surface area contributed by atoms with Gasteiger partial charge >= 0.3 is 5.97 Å². The molecule has 3 atom stereocenters. The number of carbonyl (C=O) groups is 1. The Labute approximate surface area is 90.0 Å². The number of carboxylic acid groups (broad SMARTS) is 1. The fraction of sp³-hybridized carbons (Fsp3) is 0.900. The van der Waals surface area contributed by atoms with Gasteiger partial charge in [0.1, 0.15) is 5.38 Å². The first-order valence-corrected chi connectivity index (χ1v) is 5.57. The predicted molar refractivity (Wildman–Crippen MR) is 56.7 cm³/mol. The molecule has 1 N–H and O–H groups in total. The highest BCUT2D eigenvalue weighted by Crippen LogP contribution is 2.23. The van der Waals surface area contributed by atoms with Gasteiger partial charge in [0.2, 0.25) is 0 Å². The standard InChI is InChI=1S/C10H18ClNO2/c1-7-4-3-5-12(8(7)2)6-9(11)10(13)14/h7-9H,3-6H2,1-2H3,(H,13,14). The molecule has 3 unspecified atom stereocenters. The quantitative estimate of drug-likeness (QED) is 0.736. The fourth-order valence-electron chi connectivity index (χ4n) is 1.96. The van der Waals surface area contributed by atoms with Crippen molar-refractivity contribution < 1.29 is 9.90 Å². The fourth-order valence-corrected chi connectivity index (χ4v) is 2.14. The summed E-state index contributed by atoms with van der Waals surface area (Å²) in [5.41, 5.74) is 0. The van der Waals surface area contributed by atoms with Crippen molar-refractivity contribution >= 4 is 17.6 Å². The number of piperidine rings is 1. The molecular weight excluding hydrogens is 202 g/mol. The second-order valence-electron chi connectivity index (χ2n) is 4.16. The van der Waals surface area contributed by atoms with Crippen LogP contribution < -0.4 is 0 Å². The van der Waals surface area contributed by atoms with Gasteiger partial charge in [-0.15, -0.1) is 11.6 Å². The average Bonchev–Trinajstić information content (AvgIpc) is 2.12. The van der Waals surface area contributed by atoms with Crippen LogP contribution in [-0.2, 0) is 4.79 Å². The van der Waals surface area contributed by atoms with Gasteiger partial charge in [0, 0.05) is 12.6 Å². The molecule has 82 valence electrons. The Kier molecular flexibility index (Phi) is 4.20. The van der Waals surface area contributed by atoms with Crippen LogP contribution in [0.4, 0.5) is 0 Å². The smallest absolute Gasteiger partial charge is 0.322 e. The van der Waals surface area contributed by atoms with Crippen LogP contribution in [0.15, 0.2) is 0 Å². The van der Waals surface area contributed by atoms with E-state index in [0.717, 1.165) is 13.0 Å². The number of nitrogens with zero attached hydrogens (tertiary/aromatic N) is 1. The zero-order chi connectivity index (χ0) is 10.7. The Morgan fingerprint density at radius 3 is 2.86 bits per heavy atom. The van der Waals surface area contributed by atoms with Crippen LogP contribution in [-0.4, -0.2) is 40.5 Å². The van der Waals surface area contributed by atoms with E-state index in [1.165, 1.54) is 6.42 Å². The van der Waals surface area contributed by atoms with Crippen molar-refractivity contribution in [2.24, 2.45) is 5.92 Å². The van der Waals surface area contributed by atoms with Crippen LogP contribution in [0.1, 0.15) is 26.7 Å². The van der Waals surface area contributed by atoms with Crippen molar-refractivity contribution in [3.63, 3.8) is 0 Å². The monoisotopic (exact) mass is 219 g/mol. The van der Waals surface area contributed by atoms with Gasteiger partial charge in [0.25, 0.3) is 0 Å². The van der Waals surface area contributed by atoms with Gasteiger partial charge in [-0.2, -0.15) is 0 Å². The maximum atomic E-state index is 10.6. The summed E-state index contributed by atoms with van der Waals surface area (Å²) in [4.78, 5) is 12.8. The van der Waals surface area contributed by atoms with E-state index < -0.39 is 11.3 Å². The van der Waals surface area contributed by atoms with Crippen molar-refractivity contribution in [3.05, 3.63) is 0 Å². The molecule has 0 spiro atoms. The van der Waals surface area contributed by atoms with E-state index in [9.17, 15) is 4.79 Å². The summed E-state index contributed by atoms with van der Waals surface area (Å²) in [5.74, 6) is -0.279. The molecule has 14 heavy (non-hydrogen) atoms. The molecule has 0 radical (unpaired) electrons. The third kappa shape index (κ3) is 2.85. The predicted octanol–water partition coefficient (Wildman–Crippen LogP) is 1.80. The number of aliphatic carboxylic acids is 1. The van der Waals surface area contributed by atoms with Crippen LogP contribution in [0.3, 0.4) is 0 Å². The summed E-state index contributed by atoms with van der Waals surface area (Å²) in [6.07, 6.45) is 2.38. The number of likely N-dealkylation sites (tertiary alicyclic amines) is 1. The molecule has 0 aliphatic carbocycles. The van der Waals surface area contributed by atoms with E-state index in [1.54, 1.807) is 0 Å². The number of carboxylic acids is 1. The highest BCUT2D eigenvalue weighted by Gasteiger charge is 2.27. The minimum Gasteiger partial charge on any atom is -0.480 e. The molecule has 1 saturated heterocycles. The number of alkyl halides is 1. The molecule has 0 aromatic rings. The number of hydrogen-bond acceptors (Lipinski definition) is 2. The minimum atomic E-state index is -0.919. The Morgan fingerprint density at radius 2 is 2.29 bits per heavy atom. The van der Waals surface area contributed by atoms with Crippen molar-refractivity contribution in [3.8, 4) is 0 Å². The van der Waals surface area contributed by atoms with E-state index >= 15 is 0 Å². The molecule has 0 saturated carbocycles. The molecular formula is C10H18ClNO2. The molecule has 1 fully saturated rings. The molecule has 1 aliphatic heterocycles. The lowest BCUT2D eigenvalue weighted by Crippen LogP contribution is -2.46. The largest absolute Gasteiger partial charge is 0.480 e. The molecule has 0 bridgehead atoms. The molecule has 3 nitrogen and oxygen atoms in total. The maximum absolute atomic E-state index is 10.6. The topological polar surface area (TPSA) is 40.5 Å². The molecule has 0 aromatic carbocycles. The summed E-state index contributed by atoms with van der Waals surface area (Å²) in [5, 5.41) is 7.93. The van der Waals surface area contributed by atoms with Crippen molar-refractivity contribution in [1.29, 1.82) is 0 Å². The van der Waals surface area contributed by atoms with Crippen LogP contribution >= 0.6 is 11.6 Å². The Balaban J connectivity index is 2.46. The number of halogens is 1. The Bertz CT molecular complexity index is 210. The second kappa shape index (κ2) is 4.99. The molecule has 1 aliphatic rings. The molecule has 4 heteroatoms. The average molecular weight is 220 g/mol. The third-order valence-electron chi connectivity index (χ3n) is 3.17. The van der Waals surface area contributed by atoms with Crippen LogP contribution in [0.2, 0.25) is 0 Å². The minimum absolute atomic E-state index is 0.448. The van der Waals surface area contributed by atoms with E-state index in [-0.39, 0.29) is 0 Å². The highest BCUT2D eigenvalue weighted by molar-refractivity contribution is 6.29. The summed E-state index contributed by atoms with van der Waals surface area (Å²) >= 11 is 5.72. The van der Waals surface area contributed by atoms with E-state index in [0.29, 0.717) is 18.5 Å². The van der Waals surface area contributed by atoms with Crippen molar-refractivity contribution in [2.45, 2.75) is 38.1 Å². The Morgan fingerprint density at radius 1 is 1.64 bits per heavy atom. The van der Waals surface area contributed by atoms with Gasteiger partial charge in [-0.1, -0.05) is 6.92 Å². The molecule has 0 amide bonds. The van der Waals surface area contributed by atoms with Crippen LogP contribution in [0.25, 0.3) is 0 Å². The second-order valence-corrected chi connectivity index (χ2v) is 4.69. The van der Waals surface area contributed by atoms with Gasteiger partial charge in [-0.05, 0) is 32.2 Å².